The van der Waals surface area contributed by atoms with Gasteiger partial charge in [-0.15, -0.1) is 0 Å². The summed E-state index contributed by atoms with van der Waals surface area (Å²) in [4.78, 5) is 24.1. The number of aliphatic imine (C=N–C) groups is 1. The number of allylic oxidation sites excluding steroid dienone is 1. The van der Waals surface area contributed by atoms with Crippen molar-refractivity contribution in [2.75, 3.05) is 38.6 Å². The second-order valence-corrected chi connectivity index (χ2v) is 9.95. The summed E-state index contributed by atoms with van der Waals surface area (Å²) in [5.74, 6) is 0.585. The molecule has 8 nitrogen and oxygen atoms in total. The van der Waals surface area contributed by atoms with E-state index >= 15 is 0 Å². The van der Waals surface area contributed by atoms with E-state index in [1.165, 1.54) is 26.0 Å². The van der Waals surface area contributed by atoms with E-state index in [4.69, 9.17) is 4.74 Å². The summed E-state index contributed by atoms with van der Waals surface area (Å²) in [5, 5.41) is 6.67. The number of hydrogen-bond acceptors (Lipinski definition) is 7. The number of rotatable bonds is 6. The van der Waals surface area contributed by atoms with Crippen molar-refractivity contribution >= 4 is 23.5 Å². The largest absolute Gasteiger partial charge is 0.494 e. The number of anilines is 1. The summed E-state index contributed by atoms with van der Waals surface area (Å²) in [6.07, 6.45) is 9.72. The molecule has 2 aromatic carbocycles. The van der Waals surface area contributed by atoms with Crippen molar-refractivity contribution in [3.8, 4) is 5.75 Å². The maximum absolute atomic E-state index is 14.4. The predicted octanol–water partition coefficient (Wildman–Crippen LogP) is 4.10. The van der Waals surface area contributed by atoms with Crippen molar-refractivity contribution < 1.29 is 13.9 Å². The molecule has 2 aromatic rings. The third-order valence-corrected chi connectivity index (χ3v) is 7.46. The lowest BCUT2D eigenvalue weighted by Crippen LogP contribution is -2.49. The third kappa shape index (κ3) is 4.65. The molecule has 0 radical (unpaired) electrons. The molecule has 0 spiro atoms. The Morgan fingerprint density at radius 2 is 1.95 bits per heavy atom. The van der Waals surface area contributed by atoms with Gasteiger partial charge in [0.15, 0.2) is 11.6 Å². The number of carbonyl (C=O) groups is 1. The van der Waals surface area contributed by atoms with Gasteiger partial charge in [0.05, 0.1) is 25.2 Å². The van der Waals surface area contributed by atoms with Crippen molar-refractivity contribution in [2.24, 2.45) is 4.99 Å². The molecule has 0 aromatic heterocycles. The Hall–Kier alpha value is -4.11. The number of carbonyl (C=O) groups excluding carboxylic acids is 1. The number of fused-ring (bicyclic) bond motifs is 1. The van der Waals surface area contributed by atoms with E-state index in [0.29, 0.717) is 5.56 Å². The fraction of sp³-hybridized carbons (Fsp3) is 0.310. The lowest BCUT2D eigenvalue weighted by Gasteiger charge is -2.35. The molecule has 1 aliphatic carbocycles. The topological polar surface area (TPSA) is 72.4 Å². The molecule has 38 heavy (non-hydrogen) atoms. The molecule has 6 rings (SSSR count). The first kappa shape index (κ1) is 24.2. The van der Waals surface area contributed by atoms with Crippen LogP contribution < -0.4 is 15.4 Å². The van der Waals surface area contributed by atoms with E-state index in [1.54, 1.807) is 24.5 Å². The first-order chi connectivity index (χ1) is 18.5. The van der Waals surface area contributed by atoms with Gasteiger partial charge in [-0.2, -0.15) is 0 Å². The predicted molar refractivity (Wildman–Crippen MR) is 146 cm³/mol. The highest BCUT2D eigenvalue weighted by molar-refractivity contribution is 5.96. The Kier molecular flexibility index (Phi) is 6.37. The normalized spacial score (nSPS) is 19.2. The fourth-order valence-corrected chi connectivity index (χ4v) is 5.21. The van der Waals surface area contributed by atoms with Crippen molar-refractivity contribution in [3.63, 3.8) is 0 Å². The van der Waals surface area contributed by atoms with Gasteiger partial charge in [-0.25, -0.2) is 4.39 Å². The number of methoxy groups -OCH3 is 1. The average Bonchev–Trinajstić information content (AvgIpc) is 3.79. The van der Waals surface area contributed by atoms with E-state index in [9.17, 15) is 9.18 Å². The van der Waals surface area contributed by atoms with Crippen LogP contribution in [0.2, 0.25) is 0 Å². The van der Waals surface area contributed by atoms with Gasteiger partial charge in [0.1, 0.15) is 11.5 Å². The Morgan fingerprint density at radius 3 is 2.66 bits per heavy atom. The molecule has 3 aliphatic heterocycles. The number of ether oxygens (including phenoxy) is 1. The first-order valence-corrected chi connectivity index (χ1v) is 13.0. The minimum Gasteiger partial charge on any atom is -0.494 e. The highest BCUT2D eigenvalue weighted by atomic mass is 19.1. The average molecular weight is 515 g/mol. The van der Waals surface area contributed by atoms with Crippen LogP contribution in [-0.4, -0.2) is 66.2 Å². The minimum atomic E-state index is -0.432. The van der Waals surface area contributed by atoms with Crippen molar-refractivity contribution in [1.29, 1.82) is 0 Å². The Labute approximate surface area is 221 Å². The number of amides is 1. The van der Waals surface area contributed by atoms with Crippen LogP contribution in [0.25, 0.3) is 5.70 Å². The summed E-state index contributed by atoms with van der Waals surface area (Å²) in [7, 11) is 1.44. The van der Waals surface area contributed by atoms with E-state index in [2.05, 4.69) is 20.5 Å². The third-order valence-electron chi connectivity index (χ3n) is 7.46. The maximum atomic E-state index is 14.4. The summed E-state index contributed by atoms with van der Waals surface area (Å²) in [6.45, 7) is 5.46. The molecular formula is C29H31FN6O2. The van der Waals surface area contributed by atoms with Crippen molar-refractivity contribution in [3.05, 3.63) is 89.0 Å². The van der Waals surface area contributed by atoms with Gasteiger partial charge in [-0.05, 0) is 61.7 Å². The van der Waals surface area contributed by atoms with Gasteiger partial charge in [0, 0.05) is 61.4 Å². The Morgan fingerprint density at radius 1 is 1.13 bits per heavy atom. The van der Waals surface area contributed by atoms with E-state index < -0.39 is 5.82 Å². The molecule has 4 aliphatic rings. The van der Waals surface area contributed by atoms with Crippen molar-refractivity contribution in [2.45, 2.75) is 25.8 Å². The van der Waals surface area contributed by atoms with Crippen LogP contribution >= 0.6 is 0 Å². The summed E-state index contributed by atoms with van der Waals surface area (Å²) in [5.41, 5.74) is 4.71. The molecule has 1 amide bonds. The summed E-state index contributed by atoms with van der Waals surface area (Å²) in [6, 6.07) is 11.4. The van der Waals surface area contributed by atoms with Crippen molar-refractivity contribution in [1.82, 2.24) is 20.0 Å². The van der Waals surface area contributed by atoms with Crippen LogP contribution in [0.15, 0.2) is 71.5 Å². The smallest absolute Gasteiger partial charge is 0.254 e. The lowest BCUT2D eigenvalue weighted by molar-refractivity contribution is 0.0626. The lowest BCUT2D eigenvalue weighted by atomic mass is 10.1. The molecule has 0 unspecified atom stereocenters. The summed E-state index contributed by atoms with van der Waals surface area (Å²) < 4.78 is 19.5. The van der Waals surface area contributed by atoms with Crippen LogP contribution in [-0.2, 0) is 0 Å². The minimum absolute atomic E-state index is 0.0948. The zero-order valence-electron chi connectivity index (χ0n) is 21.6. The monoisotopic (exact) mass is 514 g/mol. The zero-order valence-corrected chi connectivity index (χ0v) is 21.6. The molecular weight excluding hydrogens is 483 g/mol. The number of nitrogens with one attached hydrogen (secondary N) is 2. The van der Waals surface area contributed by atoms with Crippen LogP contribution in [0.3, 0.4) is 0 Å². The Bertz CT molecular complexity index is 1390. The molecule has 1 saturated carbocycles. The number of benzene rings is 2. The molecule has 3 heterocycles. The van der Waals surface area contributed by atoms with Crippen LogP contribution in [0, 0.1) is 12.7 Å². The number of aryl methyl sites for hydroxylation is 1. The molecule has 196 valence electrons. The van der Waals surface area contributed by atoms with Gasteiger partial charge in [-0.1, -0.05) is 0 Å². The highest BCUT2D eigenvalue weighted by Gasteiger charge is 2.32. The number of nitrogens with zero attached hydrogens (tertiary/aromatic N) is 4. The fourth-order valence-electron chi connectivity index (χ4n) is 5.21. The van der Waals surface area contributed by atoms with Gasteiger partial charge >= 0.3 is 0 Å². The quantitative estimate of drug-likeness (QED) is 0.605. The summed E-state index contributed by atoms with van der Waals surface area (Å²) >= 11 is 0. The maximum Gasteiger partial charge on any atom is 0.254 e. The van der Waals surface area contributed by atoms with Crippen LogP contribution in [0.1, 0.15) is 34.3 Å². The van der Waals surface area contributed by atoms with E-state index in [0.717, 1.165) is 66.3 Å². The van der Waals surface area contributed by atoms with Gasteiger partial charge in [-0.3, -0.25) is 14.7 Å². The molecule has 2 fully saturated rings. The molecule has 2 N–H and O–H groups in total. The SMILES string of the molecule is COc1ccc(C2=CN=CC3=C(Nc4ccc(C(=O)N5CCN(C6CC6)CC5)c(C)c4)NC=CN23)cc1F. The Balaban J connectivity index is 1.18. The van der Waals surface area contributed by atoms with E-state index in [-0.39, 0.29) is 11.7 Å². The first-order valence-electron chi connectivity index (χ1n) is 13.0. The van der Waals surface area contributed by atoms with Gasteiger partial charge < -0.3 is 25.2 Å². The second-order valence-electron chi connectivity index (χ2n) is 9.95. The van der Waals surface area contributed by atoms with Gasteiger partial charge in [0.25, 0.3) is 5.91 Å². The standard InChI is InChI=1S/C29H31FN6O2/c1-19-15-21(4-7-23(19)29(37)35-13-11-34(12-14-35)22-5-6-22)33-28-26-18-31-17-25(36(26)10-9-32-28)20-3-8-27(38-2)24(30)16-20/h3-4,7-10,15-18,22,32-33H,5-6,11-14H2,1-2H3. The van der Waals surface area contributed by atoms with Crippen LogP contribution in [0.5, 0.6) is 5.75 Å². The molecule has 1 saturated heterocycles. The molecule has 0 atom stereocenters. The van der Waals surface area contributed by atoms with Crippen LogP contribution in [0.4, 0.5) is 10.1 Å². The number of hydrogen-bond donors (Lipinski definition) is 2. The second kappa shape index (κ2) is 9.98. The molecule has 0 bridgehead atoms. The number of piperazine rings is 1. The number of halogens is 1. The zero-order chi connectivity index (χ0) is 26.2. The van der Waals surface area contributed by atoms with E-state index in [1.807, 2.05) is 47.3 Å². The molecule has 9 heteroatoms. The highest BCUT2D eigenvalue weighted by Crippen LogP contribution is 2.32. The van der Waals surface area contributed by atoms with Gasteiger partial charge in [0.2, 0.25) is 0 Å².